The smallest absolute Gasteiger partial charge is 0.126 e. The molecule has 3 aromatic rings. The molecule has 2 aromatic carbocycles. The van der Waals surface area contributed by atoms with Gasteiger partial charge in [-0.25, -0.2) is 4.39 Å². The van der Waals surface area contributed by atoms with Gasteiger partial charge >= 0.3 is 0 Å². The minimum atomic E-state index is -0.231. The summed E-state index contributed by atoms with van der Waals surface area (Å²) in [4.78, 5) is 4.35. The average molecular weight is 280 g/mol. The van der Waals surface area contributed by atoms with Crippen molar-refractivity contribution >= 4 is 10.9 Å². The highest BCUT2D eigenvalue weighted by Gasteiger charge is 2.11. The summed E-state index contributed by atoms with van der Waals surface area (Å²) in [6, 6.07) is 14.9. The molecule has 1 unspecified atom stereocenters. The van der Waals surface area contributed by atoms with Gasteiger partial charge in [0.1, 0.15) is 5.82 Å². The standard InChI is InChI=1S/C18H17FN2/c1-12-6-7-14(10-16(12)19)17(20)11-13-8-9-21-18-5-3-2-4-15(13)18/h2-10,17H,11,20H2,1H3. The van der Waals surface area contributed by atoms with Crippen LogP contribution in [0.25, 0.3) is 10.9 Å². The van der Waals surface area contributed by atoms with Crippen molar-refractivity contribution in [3.8, 4) is 0 Å². The molecule has 0 aliphatic heterocycles. The van der Waals surface area contributed by atoms with Gasteiger partial charge in [-0.05, 0) is 48.2 Å². The zero-order valence-corrected chi connectivity index (χ0v) is 11.9. The number of nitrogens with zero attached hydrogens (tertiary/aromatic N) is 1. The zero-order chi connectivity index (χ0) is 14.8. The predicted octanol–water partition coefficient (Wildman–Crippen LogP) is 3.92. The van der Waals surface area contributed by atoms with Crippen molar-refractivity contribution in [2.45, 2.75) is 19.4 Å². The maximum absolute atomic E-state index is 13.7. The minimum Gasteiger partial charge on any atom is -0.324 e. The van der Waals surface area contributed by atoms with E-state index in [2.05, 4.69) is 4.98 Å². The Balaban J connectivity index is 1.92. The number of fused-ring (bicyclic) bond motifs is 1. The van der Waals surface area contributed by atoms with Crippen molar-refractivity contribution in [3.05, 3.63) is 77.2 Å². The van der Waals surface area contributed by atoms with Crippen molar-refractivity contribution in [2.75, 3.05) is 0 Å². The van der Waals surface area contributed by atoms with Gasteiger partial charge in [0.05, 0.1) is 5.52 Å². The number of para-hydroxylation sites is 1. The molecular weight excluding hydrogens is 263 g/mol. The highest BCUT2D eigenvalue weighted by molar-refractivity contribution is 5.81. The Bertz CT molecular complexity index is 778. The van der Waals surface area contributed by atoms with Gasteiger partial charge in [-0.2, -0.15) is 0 Å². The number of pyridine rings is 1. The van der Waals surface area contributed by atoms with Crippen LogP contribution in [0.5, 0.6) is 0 Å². The lowest BCUT2D eigenvalue weighted by atomic mass is 9.96. The lowest BCUT2D eigenvalue weighted by molar-refractivity contribution is 0.610. The average Bonchev–Trinajstić information content (AvgIpc) is 2.50. The molecule has 1 atom stereocenters. The van der Waals surface area contributed by atoms with E-state index in [-0.39, 0.29) is 11.9 Å². The van der Waals surface area contributed by atoms with Crippen LogP contribution in [0.3, 0.4) is 0 Å². The van der Waals surface area contributed by atoms with Crippen molar-refractivity contribution in [1.29, 1.82) is 0 Å². The molecular formula is C18H17FN2. The van der Waals surface area contributed by atoms with Crippen LogP contribution in [0.4, 0.5) is 4.39 Å². The molecule has 1 aromatic heterocycles. The summed E-state index contributed by atoms with van der Waals surface area (Å²) >= 11 is 0. The highest BCUT2D eigenvalue weighted by atomic mass is 19.1. The van der Waals surface area contributed by atoms with Crippen LogP contribution >= 0.6 is 0 Å². The zero-order valence-electron chi connectivity index (χ0n) is 11.9. The Kier molecular flexibility index (Phi) is 3.67. The van der Waals surface area contributed by atoms with E-state index in [0.717, 1.165) is 22.0 Å². The van der Waals surface area contributed by atoms with Crippen LogP contribution < -0.4 is 5.73 Å². The maximum atomic E-state index is 13.7. The van der Waals surface area contributed by atoms with Crippen molar-refractivity contribution < 1.29 is 4.39 Å². The fourth-order valence-electron chi connectivity index (χ4n) is 2.53. The third-order valence-corrected chi connectivity index (χ3v) is 3.80. The van der Waals surface area contributed by atoms with Gasteiger partial charge in [0.15, 0.2) is 0 Å². The minimum absolute atomic E-state index is 0.206. The number of halogens is 1. The molecule has 0 radical (unpaired) electrons. The Morgan fingerprint density at radius 3 is 2.76 bits per heavy atom. The molecule has 0 saturated carbocycles. The van der Waals surface area contributed by atoms with Crippen LogP contribution in [-0.4, -0.2) is 4.98 Å². The van der Waals surface area contributed by atoms with E-state index in [1.165, 1.54) is 6.07 Å². The third-order valence-electron chi connectivity index (χ3n) is 3.80. The van der Waals surface area contributed by atoms with Gasteiger partial charge in [0, 0.05) is 17.6 Å². The first-order chi connectivity index (χ1) is 10.1. The molecule has 21 heavy (non-hydrogen) atoms. The molecule has 2 nitrogen and oxygen atoms in total. The van der Waals surface area contributed by atoms with Crippen LogP contribution in [0, 0.1) is 12.7 Å². The molecule has 0 fully saturated rings. The lowest BCUT2D eigenvalue weighted by Gasteiger charge is -2.14. The van der Waals surface area contributed by atoms with Crippen LogP contribution in [0.1, 0.15) is 22.7 Å². The number of hydrogen-bond donors (Lipinski definition) is 1. The Labute approximate surface area is 123 Å². The molecule has 3 rings (SSSR count). The lowest BCUT2D eigenvalue weighted by Crippen LogP contribution is -2.14. The van der Waals surface area contributed by atoms with E-state index in [0.29, 0.717) is 12.0 Å². The molecule has 0 aliphatic carbocycles. The largest absolute Gasteiger partial charge is 0.324 e. The monoisotopic (exact) mass is 280 g/mol. The van der Waals surface area contributed by atoms with Gasteiger partial charge in [-0.3, -0.25) is 4.98 Å². The first-order valence-corrected chi connectivity index (χ1v) is 6.99. The maximum Gasteiger partial charge on any atom is 0.126 e. The first kappa shape index (κ1) is 13.7. The highest BCUT2D eigenvalue weighted by Crippen LogP contribution is 2.23. The van der Waals surface area contributed by atoms with E-state index in [1.54, 1.807) is 19.2 Å². The second-order valence-electron chi connectivity index (χ2n) is 5.31. The summed E-state index contributed by atoms with van der Waals surface area (Å²) in [6.07, 6.45) is 2.45. The van der Waals surface area contributed by atoms with E-state index < -0.39 is 0 Å². The Morgan fingerprint density at radius 1 is 1.14 bits per heavy atom. The molecule has 2 N–H and O–H groups in total. The molecule has 3 heteroatoms. The van der Waals surface area contributed by atoms with E-state index in [4.69, 9.17) is 5.73 Å². The molecule has 0 aliphatic rings. The fourth-order valence-corrected chi connectivity index (χ4v) is 2.53. The normalized spacial score (nSPS) is 12.5. The second-order valence-corrected chi connectivity index (χ2v) is 5.31. The van der Waals surface area contributed by atoms with Gasteiger partial charge in [-0.1, -0.05) is 30.3 Å². The van der Waals surface area contributed by atoms with E-state index >= 15 is 0 Å². The number of hydrogen-bond acceptors (Lipinski definition) is 2. The fraction of sp³-hybridized carbons (Fsp3) is 0.167. The molecule has 0 bridgehead atoms. The third kappa shape index (κ3) is 2.78. The van der Waals surface area contributed by atoms with Crippen LogP contribution in [-0.2, 0) is 6.42 Å². The van der Waals surface area contributed by atoms with Crippen molar-refractivity contribution in [2.24, 2.45) is 5.73 Å². The molecule has 0 amide bonds. The topological polar surface area (TPSA) is 38.9 Å². The number of nitrogens with two attached hydrogens (primary N) is 1. The summed E-state index contributed by atoms with van der Waals surface area (Å²) in [6.45, 7) is 1.75. The van der Waals surface area contributed by atoms with E-state index in [9.17, 15) is 4.39 Å². The van der Waals surface area contributed by atoms with E-state index in [1.807, 2.05) is 36.4 Å². The number of aryl methyl sites for hydroxylation is 1. The summed E-state index contributed by atoms with van der Waals surface area (Å²) in [5.74, 6) is -0.206. The molecule has 0 saturated heterocycles. The van der Waals surface area contributed by atoms with Crippen LogP contribution in [0.2, 0.25) is 0 Å². The Hall–Kier alpha value is -2.26. The van der Waals surface area contributed by atoms with Gasteiger partial charge < -0.3 is 5.73 Å². The number of aromatic nitrogens is 1. The summed E-state index contributed by atoms with van der Waals surface area (Å²) in [7, 11) is 0. The first-order valence-electron chi connectivity index (χ1n) is 6.99. The number of benzene rings is 2. The predicted molar refractivity (Wildman–Crippen MR) is 83.5 cm³/mol. The Morgan fingerprint density at radius 2 is 1.95 bits per heavy atom. The van der Waals surface area contributed by atoms with Gasteiger partial charge in [-0.15, -0.1) is 0 Å². The quantitative estimate of drug-likeness (QED) is 0.789. The number of rotatable bonds is 3. The molecule has 0 spiro atoms. The summed E-state index contributed by atoms with van der Waals surface area (Å²) < 4.78 is 13.7. The van der Waals surface area contributed by atoms with Crippen molar-refractivity contribution in [3.63, 3.8) is 0 Å². The van der Waals surface area contributed by atoms with Crippen LogP contribution in [0.15, 0.2) is 54.7 Å². The van der Waals surface area contributed by atoms with Gasteiger partial charge in [0.25, 0.3) is 0 Å². The molecule has 1 heterocycles. The second kappa shape index (κ2) is 5.62. The summed E-state index contributed by atoms with van der Waals surface area (Å²) in [5.41, 5.74) is 9.80. The van der Waals surface area contributed by atoms with Crippen molar-refractivity contribution in [1.82, 2.24) is 4.98 Å². The van der Waals surface area contributed by atoms with Gasteiger partial charge in [0.2, 0.25) is 0 Å². The molecule has 106 valence electrons. The summed E-state index contributed by atoms with van der Waals surface area (Å²) in [5, 5.41) is 1.10. The SMILES string of the molecule is Cc1ccc(C(N)Cc2ccnc3ccccc23)cc1F.